The van der Waals surface area contributed by atoms with Gasteiger partial charge in [0.05, 0.1) is 22.7 Å². The molecule has 0 atom stereocenters. The first kappa shape index (κ1) is 18.9. The summed E-state index contributed by atoms with van der Waals surface area (Å²) in [5.41, 5.74) is 0.901. The van der Waals surface area contributed by atoms with Crippen LogP contribution in [0.1, 0.15) is 16.1 Å². The molecule has 0 aliphatic rings. The van der Waals surface area contributed by atoms with E-state index in [0.29, 0.717) is 16.3 Å². The zero-order chi connectivity index (χ0) is 19.6. The van der Waals surface area contributed by atoms with Gasteiger partial charge in [0.1, 0.15) is 0 Å². The average Bonchev–Trinajstić information content (AvgIpc) is 3.06. The van der Waals surface area contributed by atoms with Crippen molar-refractivity contribution in [1.82, 2.24) is 14.5 Å². The fraction of sp³-hybridized carbons (Fsp3) is 0.111. The molecule has 0 saturated heterocycles. The van der Waals surface area contributed by atoms with Crippen molar-refractivity contribution in [3.63, 3.8) is 0 Å². The van der Waals surface area contributed by atoms with Crippen molar-refractivity contribution in [3.05, 3.63) is 70.9 Å². The molecule has 140 valence electrons. The molecule has 3 rings (SSSR count). The molecular weight excluding hydrogens is 390 g/mol. The van der Waals surface area contributed by atoms with Crippen LogP contribution in [0.15, 0.2) is 59.5 Å². The number of benzene rings is 2. The Morgan fingerprint density at radius 3 is 2.48 bits per heavy atom. The number of sulfonamides is 1. The van der Waals surface area contributed by atoms with Gasteiger partial charge in [-0.15, -0.1) is 0 Å². The predicted molar refractivity (Wildman–Crippen MR) is 101 cm³/mol. The maximum absolute atomic E-state index is 12.5. The maximum atomic E-state index is 12.5. The van der Waals surface area contributed by atoms with E-state index in [2.05, 4.69) is 5.10 Å². The Morgan fingerprint density at radius 1 is 1.15 bits per heavy atom. The van der Waals surface area contributed by atoms with Crippen LogP contribution in [0.3, 0.4) is 0 Å². The van der Waals surface area contributed by atoms with Crippen LogP contribution in [0.25, 0.3) is 5.69 Å². The summed E-state index contributed by atoms with van der Waals surface area (Å²) in [4.78, 5) is 12.5. The van der Waals surface area contributed by atoms with Crippen LogP contribution >= 0.6 is 11.6 Å². The molecule has 0 spiro atoms. The van der Waals surface area contributed by atoms with E-state index in [1.807, 2.05) is 4.72 Å². The van der Waals surface area contributed by atoms with Crippen molar-refractivity contribution in [1.29, 1.82) is 0 Å². The molecule has 0 fully saturated rings. The number of methoxy groups -OCH3 is 1. The molecule has 3 aromatic rings. The number of nitrogens with zero attached hydrogens (tertiary/aromatic N) is 2. The SMILES string of the molecule is COc1cc(C(=O)NS(=O)(=O)c2ccccc2C)nn1-c1ccccc1Cl. The lowest BCUT2D eigenvalue weighted by Gasteiger charge is -2.08. The van der Waals surface area contributed by atoms with Gasteiger partial charge in [-0.05, 0) is 30.7 Å². The molecule has 27 heavy (non-hydrogen) atoms. The summed E-state index contributed by atoms with van der Waals surface area (Å²) in [6.45, 7) is 1.65. The third-order valence-electron chi connectivity index (χ3n) is 3.81. The van der Waals surface area contributed by atoms with Gasteiger partial charge >= 0.3 is 0 Å². The second-order valence-electron chi connectivity index (χ2n) is 5.64. The number of carbonyl (C=O) groups excluding carboxylic acids is 1. The molecule has 0 radical (unpaired) electrons. The quantitative estimate of drug-likeness (QED) is 0.704. The van der Waals surface area contributed by atoms with E-state index in [0.717, 1.165) is 0 Å². The Hall–Kier alpha value is -2.84. The van der Waals surface area contributed by atoms with Gasteiger partial charge in [-0.3, -0.25) is 4.79 Å². The molecule has 0 aliphatic carbocycles. The van der Waals surface area contributed by atoms with Gasteiger partial charge < -0.3 is 4.74 Å². The molecule has 0 bridgehead atoms. The number of rotatable bonds is 5. The number of halogens is 1. The molecule has 0 saturated carbocycles. The molecule has 0 aliphatic heterocycles. The van der Waals surface area contributed by atoms with Gasteiger partial charge in [0.15, 0.2) is 5.69 Å². The smallest absolute Gasteiger partial charge is 0.285 e. The first-order valence-electron chi connectivity index (χ1n) is 7.85. The van der Waals surface area contributed by atoms with Gasteiger partial charge in [0.25, 0.3) is 15.9 Å². The Balaban J connectivity index is 1.95. The number of hydrogen-bond donors (Lipinski definition) is 1. The predicted octanol–water partition coefficient (Wildman–Crippen LogP) is 2.96. The molecule has 0 unspecified atom stereocenters. The molecular formula is C18H16ClN3O4S. The van der Waals surface area contributed by atoms with Crippen molar-refractivity contribution < 1.29 is 17.9 Å². The van der Waals surface area contributed by atoms with Gasteiger partial charge in [-0.2, -0.15) is 9.78 Å². The van der Waals surface area contributed by atoms with Crippen LogP contribution in [-0.2, 0) is 10.0 Å². The summed E-state index contributed by atoms with van der Waals surface area (Å²) in [7, 11) is -2.62. The zero-order valence-corrected chi connectivity index (χ0v) is 16.1. The lowest BCUT2D eigenvalue weighted by atomic mass is 10.2. The third kappa shape index (κ3) is 3.81. The van der Waals surface area contributed by atoms with Crippen molar-refractivity contribution in [3.8, 4) is 11.6 Å². The minimum Gasteiger partial charge on any atom is -0.481 e. The average molecular weight is 406 g/mol. The van der Waals surface area contributed by atoms with Crippen LogP contribution in [0.5, 0.6) is 5.88 Å². The maximum Gasteiger partial charge on any atom is 0.285 e. The first-order chi connectivity index (χ1) is 12.8. The van der Waals surface area contributed by atoms with Crippen LogP contribution in [-0.4, -0.2) is 31.2 Å². The van der Waals surface area contributed by atoms with Crippen LogP contribution < -0.4 is 9.46 Å². The van der Waals surface area contributed by atoms with E-state index < -0.39 is 15.9 Å². The van der Waals surface area contributed by atoms with E-state index in [9.17, 15) is 13.2 Å². The minimum atomic E-state index is -4.04. The molecule has 1 N–H and O–H groups in total. The molecule has 9 heteroatoms. The fourth-order valence-electron chi connectivity index (χ4n) is 2.50. The number of para-hydroxylation sites is 1. The van der Waals surface area contributed by atoms with Crippen LogP contribution in [0.4, 0.5) is 0 Å². The summed E-state index contributed by atoms with van der Waals surface area (Å²) >= 11 is 6.17. The van der Waals surface area contributed by atoms with Gasteiger partial charge in [0, 0.05) is 6.07 Å². The molecule has 7 nitrogen and oxygen atoms in total. The Morgan fingerprint density at radius 2 is 1.81 bits per heavy atom. The van der Waals surface area contributed by atoms with E-state index in [1.54, 1.807) is 49.4 Å². The summed E-state index contributed by atoms with van der Waals surface area (Å²) in [5.74, 6) is -0.635. The number of carbonyl (C=O) groups is 1. The summed E-state index contributed by atoms with van der Waals surface area (Å²) in [5, 5.41) is 4.54. The molecule has 1 amide bonds. The van der Waals surface area contributed by atoms with E-state index >= 15 is 0 Å². The zero-order valence-electron chi connectivity index (χ0n) is 14.5. The fourth-order valence-corrected chi connectivity index (χ4v) is 3.93. The van der Waals surface area contributed by atoms with E-state index in [1.165, 1.54) is 23.9 Å². The monoisotopic (exact) mass is 405 g/mol. The lowest BCUT2D eigenvalue weighted by Crippen LogP contribution is -2.31. The standard InChI is InChI=1S/C18H16ClN3O4S/c1-12-7-3-6-10-16(12)27(24,25)21-18(23)14-11-17(26-2)22(20-14)15-9-5-4-8-13(15)19/h3-11H,1-2H3,(H,21,23). The van der Waals surface area contributed by atoms with Crippen molar-refractivity contribution in [2.24, 2.45) is 0 Å². The third-order valence-corrected chi connectivity index (χ3v) is 5.62. The normalized spacial score (nSPS) is 11.2. The number of nitrogens with one attached hydrogen (secondary N) is 1. The van der Waals surface area contributed by atoms with E-state index in [4.69, 9.17) is 16.3 Å². The van der Waals surface area contributed by atoms with Crippen molar-refractivity contribution in [2.45, 2.75) is 11.8 Å². The van der Waals surface area contributed by atoms with Gasteiger partial charge in [-0.1, -0.05) is 41.9 Å². The molecule has 1 aromatic heterocycles. The lowest BCUT2D eigenvalue weighted by molar-refractivity contribution is 0.0976. The molecule has 1 heterocycles. The summed E-state index contributed by atoms with van der Waals surface area (Å²) in [6.07, 6.45) is 0. The van der Waals surface area contributed by atoms with Crippen LogP contribution in [0, 0.1) is 6.92 Å². The summed E-state index contributed by atoms with van der Waals surface area (Å²) < 4.78 is 33.6. The number of ether oxygens (including phenoxy) is 1. The highest BCUT2D eigenvalue weighted by molar-refractivity contribution is 7.90. The minimum absolute atomic E-state index is 0.0239. The topological polar surface area (TPSA) is 90.3 Å². The highest BCUT2D eigenvalue weighted by Crippen LogP contribution is 2.25. The second-order valence-corrected chi connectivity index (χ2v) is 7.69. The number of aromatic nitrogens is 2. The number of amides is 1. The van der Waals surface area contributed by atoms with Crippen molar-refractivity contribution >= 4 is 27.5 Å². The van der Waals surface area contributed by atoms with Gasteiger partial charge in [-0.25, -0.2) is 13.1 Å². The second kappa shape index (κ2) is 7.42. The van der Waals surface area contributed by atoms with E-state index in [-0.39, 0.29) is 16.5 Å². The Kier molecular flexibility index (Phi) is 5.20. The summed E-state index contributed by atoms with van der Waals surface area (Å²) in [6, 6.07) is 14.6. The largest absolute Gasteiger partial charge is 0.481 e. The molecule has 2 aromatic carbocycles. The van der Waals surface area contributed by atoms with Crippen LogP contribution in [0.2, 0.25) is 5.02 Å². The Bertz CT molecular complexity index is 1110. The highest BCUT2D eigenvalue weighted by atomic mass is 35.5. The first-order valence-corrected chi connectivity index (χ1v) is 9.71. The Labute approximate surface area is 161 Å². The van der Waals surface area contributed by atoms with Gasteiger partial charge in [0.2, 0.25) is 5.88 Å². The van der Waals surface area contributed by atoms with Crippen molar-refractivity contribution in [2.75, 3.05) is 7.11 Å². The number of aryl methyl sites for hydroxylation is 1. The highest BCUT2D eigenvalue weighted by Gasteiger charge is 2.24. The number of hydrogen-bond acceptors (Lipinski definition) is 5.